The Balaban J connectivity index is 2.01. The number of thiophene rings is 3. The molecule has 0 aliphatic rings. The Labute approximate surface area is 125 Å². The fourth-order valence-electron chi connectivity index (χ4n) is 1.66. The van der Waals surface area contributed by atoms with Crippen LogP contribution in [-0.2, 0) is 0 Å². The van der Waals surface area contributed by atoms with Crippen molar-refractivity contribution in [1.29, 1.82) is 0 Å². The van der Waals surface area contributed by atoms with Crippen molar-refractivity contribution in [3.63, 3.8) is 0 Å². The lowest BCUT2D eigenvalue weighted by Crippen LogP contribution is -1.84. The van der Waals surface area contributed by atoms with E-state index in [1.807, 2.05) is 0 Å². The number of hydrogen-bond donors (Lipinski definition) is 0. The molecule has 1 unspecified atom stereocenters. The Morgan fingerprint density at radius 3 is 2.59 bits per heavy atom. The second-order valence-corrected chi connectivity index (χ2v) is 8.67. The van der Waals surface area contributed by atoms with Gasteiger partial charge in [0, 0.05) is 19.2 Å². The van der Waals surface area contributed by atoms with E-state index in [2.05, 4.69) is 46.4 Å². The van der Waals surface area contributed by atoms with Gasteiger partial charge in [-0.05, 0) is 52.0 Å². The molecule has 0 aromatic carbocycles. The predicted molar refractivity (Wildman–Crippen MR) is 84.2 cm³/mol. The molecule has 0 aliphatic carbocycles. The summed E-state index contributed by atoms with van der Waals surface area (Å²) in [5.41, 5.74) is 1.26. The zero-order chi connectivity index (χ0) is 12.0. The summed E-state index contributed by atoms with van der Waals surface area (Å²) in [5, 5.41) is 2.11. The average molecular weight is 364 g/mol. The molecule has 88 valence electrons. The zero-order valence-corrected chi connectivity index (χ0v) is 13.7. The van der Waals surface area contributed by atoms with Gasteiger partial charge >= 0.3 is 0 Å². The third-order valence-corrected chi connectivity index (χ3v) is 7.62. The van der Waals surface area contributed by atoms with E-state index in [1.165, 1.54) is 28.5 Å². The van der Waals surface area contributed by atoms with E-state index in [9.17, 15) is 0 Å². The maximum Gasteiger partial charge on any atom is 0.102 e. The van der Waals surface area contributed by atoms with E-state index in [0.29, 0.717) is 0 Å². The smallest absolute Gasteiger partial charge is 0.102 e. The van der Waals surface area contributed by atoms with Crippen LogP contribution in [-0.4, -0.2) is 0 Å². The SMILES string of the molecule is Cc1cc(C(Cl)c2cc3sccc3s2)sc1Br. The van der Waals surface area contributed by atoms with Crippen molar-refractivity contribution in [1.82, 2.24) is 0 Å². The Bertz CT molecular complexity index is 616. The lowest BCUT2D eigenvalue weighted by atomic mass is 10.2. The van der Waals surface area contributed by atoms with E-state index in [0.717, 1.165) is 0 Å². The standard InChI is InChI=1S/C12H8BrClS3/c1-6-4-9(17-12(6)13)11(14)10-5-8-7(16-10)2-3-15-8/h2-5,11H,1H3. The van der Waals surface area contributed by atoms with Crippen molar-refractivity contribution in [3.8, 4) is 0 Å². The molecule has 3 heterocycles. The molecule has 0 fully saturated rings. The van der Waals surface area contributed by atoms with Gasteiger partial charge in [0.05, 0.1) is 3.79 Å². The number of halogens is 2. The molecule has 0 saturated heterocycles. The zero-order valence-electron chi connectivity index (χ0n) is 8.87. The fourth-order valence-corrected chi connectivity index (χ4v) is 5.81. The van der Waals surface area contributed by atoms with Crippen LogP contribution < -0.4 is 0 Å². The van der Waals surface area contributed by atoms with Crippen LogP contribution >= 0.6 is 61.5 Å². The number of rotatable bonds is 2. The summed E-state index contributed by atoms with van der Waals surface area (Å²) >= 11 is 15.4. The second-order valence-electron chi connectivity index (χ2n) is 3.77. The first kappa shape index (κ1) is 12.2. The monoisotopic (exact) mass is 362 g/mol. The third-order valence-electron chi connectivity index (χ3n) is 2.53. The number of aryl methyl sites for hydroxylation is 1. The first-order valence-corrected chi connectivity index (χ1v) is 8.76. The highest BCUT2D eigenvalue weighted by molar-refractivity contribution is 9.11. The highest BCUT2D eigenvalue weighted by Crippen LogP contribution is 2.42. The quantitative estimate of drug-likeness (QED) is 0.461. The number of hydrogen-bond acceptors (Lipinski definition) is 3. The molecule has 0 saturated carbocycles. The largest absolute Gasteiger partial charge is 0.143 e. The van der Waals surface area contributed by atoms with Crippen LogP contribution in [0.1, 0.15) is 20.7 Å². The molecular weight excluding hydrogens is 356 g/mol. The van der Waals surface area contributed by atoms with Gasteiger partial charge in [-0.3, -0.25) is 0 Å². The van der Waals surface area contributed by atoms with Crippen molar-refractivity contribution < 1.29 is 0 Å². The third kappa shape index (κ3) is 2.22. The van der Waals surface area contributed by atoms with Gasteiger partial charge in [0.15, 0.2) is 0 Å². The van der Waals surface area contributed by atoms with E-state index in [1.54, 1.807) is 34.0 Å². The molecule has 0 nitrogen and oxygen atoms in total. The van der Waals surface area contributed by atoms with E-state index < -0.39 is 0 Å². The van der Waals surface area contributed by atoms with Crippen LogP contribution in [0.3, 0.4) is 0 Å². The summed E-state index contributed by atoms with van der Waals surface area (Å²) in [6, 6.07) is 6.54. The molecule has 3 aromatic rings. The molecular formula is C12H8BrClS3. The minimum absolute atomic E-state index is 0.0189. The van der Waals surface area contributed by atoms with Crippen molar-refractivity contribution in [3.05, 3.63) is 42.7 Å². The second kappa shape index (κ2) is 4.67. The van der Waals surface area contributed by atoms with Crippen LogP contribution in [0.5, 0.6) is 0 Å². The van der Waals surface area contributed by atoms with E-state index in [4.69, 9.17) is 11.6 Å². The van der Waals surface area contributed by atoms with Gasteiger partial charge in [0.25, 0.3) is 0 Å². The average Bonchev–Trinajstić information content (AvgIpc) is 2.92. The van der Waals surface area contributed by atoms with Crippen molar-refractivity contribution in [2.75, 3.05) is 0 Å². The van der Waals surface area contributed by atoms with E-state index >= 15 is 0 Å². The Morgan fingerprint density at radius 2 is 1.94 bits per heavy atom. The van der Waals surface area contributed by atoms with Gasteiger partial charge in [-0.15, -0.1) is 45.6 Å². The minimum Gasteiger partial charge on any atom is -0.143 e. The van der Waals surface area contributed by atoms with Gasteiger partial charge in [-0.25, -0.2) is 0 Å². The van der Waals surface area contributed by atoms with Crippen molar-refractivity contribution >= 4 is 70.9 Å². The van der Waals surface area contributed by atoms with Gasteiger partial charge < -0.3 is 0 Å². The molecule has 0 N–H and O–H groups in total. The van der Waals surface area contributed by atoms with Crippen LogP contribution in [0.2, 0.25) is 0 Å². The Morgan fingerprint density at radius 1 is 1.18 bits per heavy atom. The van der Waals surface area contributed by atoms with Crippen LogP contribution in [0.25, 0.3) is 9.40 Å². The summed E-state index contributed by atoms with van der Waals surface area (Å²) < 4.78 is 3.85. The predicted octanol–water partition coefficient (Wildman–Crippen LogP) is 6.42. The van der Waals surface area contributed by atoms with Crippen LogP contribution in [0.4, 0.5) is 0 Å². The lowest BCUT2D eigenvalue weighted by Gasteiger charge is -2.02. The van der Waals surface area contributed by atoms with E-state index in [-0.39, 0.29) is 5.38 Å². The molecule has 3 aromatic heterocycles. The molecule has 5 heteroatoms. The van der Waals surface area contributed by atoms with Gasteiger partial charge in [0.2, 0.25) is 0 Å². The summed E-state index contributed by atoms with van der Waals surface area (Å²) in [6.45, 7) is 2.10. The van der Waals surface area contributed by atoms with Gasteiger partial charge in [-0.1, -0.05) is 0 Å². The van der Waals surface area contributed by atoms with Gasteiger partial charge in [0.1, 0.15) is 5.38 Å². The normalized spacial score (nSPS) is 13.4. The van der Waals surface area contributed by atoms with Crippen molar-refractivity contribution in [2.45, 2.75) is 12.3 Å². The summed E-state index contributed by atoms with van der Waals surface area (Å²) in [7, 11) is 0. The Hall–Kier alpha value is 0.130. The van der Waals surface area contributed by atoms with Gasteiger partial charge in [-0.2, -0.15) is 0 Å². The molecule has 0 bridgehead atoms. The molecule has 0 spiro atoms. The van der Waals surface area contributed by atoms with Crippen LogP contribution in [0.15, 0.2) is 27.4 Å². The molecule has 0 aliphatic heterocycles. The Kier molecular flexibility index (Phi) is 3.34. The summed E-state index contributed by atoms with van der Waals surface area (Å²) in [5.74, 6) is 0. The summed E-state index contributed by atoms with van der Waals surface area (Å²) in [6.07, 6.45) is 0. The maximum atomic E-state index is 6.55. The number of fused-ring (bicyclic) bond motifs is 1. The molecule has 17 heavy (non-hydrogen) atoms. The first-order valence-electron chi connectivity index (χ1n) is 5.02. The maximum absolute atomic E-state index is 6.55. The van der Waals surface area contributed by atoms with Crippen LogP contribution in [0, 0.1) is 6.92 Å². The molecule has 0 amide bonds. The molecule has 0 radical (unpaired) electrons. The number of alkyl halides is 1. The highest BCUT2D eigenvalue weighted by Gasteiger charge is 2.17. The minimum atomic E-state index is -0.0189. The summed E-state index contributed by atoms with van der Waals surface area (Å²) in [4.78, 5) is 2.45. The van der Waals surface area contributed by atoms with Crippen molar-refractivity contribution in [2.24, 2.45) is 0 Å². The highest BCUT2D eigenvalue weighted by atomic mass is 79.9. The topological polar surface area (TPSA) is 0 Å². The lowest BCUT2D eigenvalue weighted by molar-refractivity contribution is 1.24. The fraction of sp³-hybridized carbons (Fsp3) is 0.167. The first-order chi connectivity index (χ1) is 8.15. The molecule has 3 rings (SSSR count). The molecule has 1 atom stereocenters.